The zero-order valence-corrected chi connectivity index (χ0v) is 14.1. The molecule has 0 atom stereocenters. The molecule has 1 amide bonds. The summed E-state index contributed by atoms with van der Waals surface area (Å²) in [4.78, 5) is 13.1. The zero-order chi connectivity index (χ0) is 16.8. The van der Waals surface area contributed by atoms with Crippen molar-refractivity contribution >= 4 is 17.8 Å². The van der Waals surface area contributed by atoms with Crippen molar-refractivity contribution in [2.75, 3.05) is 37.4 Å². The van der Waals surface area contributed by atoms with Crippen LogP contribution >= 0.6 is 0 Å². The summed E-state index contributed by atoms with van der Waals surface area (Å²) in [7, 11) is 2.10. The maximum absolute atomic E-state index is 14.1. The molecule has 23 heavy (non-hydrogen) atoms. The average molecular weight is 323 g/mol. The van der Waals surface area contributed by atoms with E-state index in [0.29, 0.717) is 36.4 Å². The van der Waals surface area contributed by atoms with Crippen LogP contribution in [0.3, 0.4) is 0 Å². The van der Waals surface area contributed by atoms with E-state index in [1.807, 2.05) is 13.8 Å². The third kappa shape index (κ3) is 5.10. The molecule has 2 rings (SSSR count). The highest BCUT2D eigenvalue weighted by Crippen LogP contribution is 2.32. The molecule has 0 spiro atoms. The van der Waals surface area contributed by atoms with Crippen molar-refractivity contribution in [2.45, 2.75) is 32.7 Å². The number of nitrogens with zero attached hydrogens (tertiary/aromatic N) is 1. The van der Waals surface area contributed by atoms with Crippen molar-refractivity contribution in [3.8, 4) is 5.75 Å². The smallest absolute Gasteiger partial charge is 0.211 e. The standard InChI is InChI=1S/C17H26FN3O2/c1-12(2)10-23-17-9-16(15(19-11-22)8-14(17)18)20-13-4-6-21(3)7-5-13/h8-9,11-13,20H,4-7,10H2,1-3H3,(H,19,22). The SMILES string of the molecule is CC(C)COc1cc(NC2CCN(C)CC2)c(NC=O)cc1F. The van der Waals surface area contributed by atoms with Crippen molar-refractivity contribution in [3.05, 3.63) is 17.9 Å². The number of likely N-dealkylation sites (tertiary alicyclic amines) is 1. The highest BCUT2D eigenvalue weighted by atomic mass is 19.1. The van der Waals surface area contributed by atoms with Gasteiger partial charge in [-0.05, 0) is 38.9 Å². The van der Waals surface area contributed by atoms with E-state index < -0.39 is 5.82 Å². The van der Waals surface area contributed by atoms with E-state index in [9.17, 15) is 9.18 Å². The van der Waals surface area contributed by atoms with Crippen LogP contribution in [0.5, 0.6) is 5.75 Å². The number of ether oxygens (including phenoxy) is 1. The molecule has 0 aromatic heterocycles. The van der Waals surface area contributed by atoms with Crippen molar-refractivity contribution in [1.82, 2.24) is 4.90 Å². The molecule has 0 saturated carbocycles. The molecule has 0 bridgehead atoms. The number of halogens is 1. The van der Waals surface area contributed by atoms with Gasteiger partial charge in [-0.1, -0.05) is 13.8 Å². The van der Waals surface area contributed by atoms with Gasteiger partial charge >= 0.3 is 0 Å². The van der Waals surface area contributed by atoms with E-state index >= 15 is 0 Å². The third-order valence-electron chi connectivity index (χ3n) is 3.94. The number of amides is 1. The van der Waals surface area contributed by atoms with Gasteiger partial charge in [0.15, 0.2) is 11.6 Å². The Labute approximate surface area is 137 Å². The van der Waals surface area contributed by atoms with Crippen LogP contribution in [0, 0.1) is 11.7 Å². The van der Waals surface area contributed by atoms with Gasteiger partial charge in [0.1, 0.15) is 0 Å². The Morgan fingerprint density at radius 2 is 2.04 bits per heavy atom. The predicted octanol–water partition coefficient (Wildman–Crippen LogP) is 2.93. The first-order chi connectivity index (χ1) is 11.0. The largest absolute Gasteiger partial charge is 0.490 e. The van der Waals surface area contributed by atoms with Gasteiger partial charge in [0.05, 0.1) is 18.0 Å². The average Bonchev–Trinajstić information content (AvgIpc) is 2.51. The highest BCUT2D eigenvalue weighted by Gasteiger charge is 2.19. The summed E-state index contributed by atoms with van der Waals surface area (Å²) in [5.41, 5.74) is 1.14. The van der Waals surface area contributed by atoms with Crippen molar-refractivity contribution in [1.29, 1.82) is 0 Å². The molecule has 1 heterocycles. The molecule has 1 fully saturated rings. The van der Waals surface area contributed by atoms with E-state index in [0.717, 1.165) is 25.9 Å². The fourth-order valence-electron chi connectivity index (χ4n) is 2.60. The van der Waals surface area contributed by atoms with Crippen LogP contribution in [-0.2, 0) is 4.79 Å². The van der Waals surface area contributed by atoms with Crippen LogP contribution in [-0.4, -0.2) is 44.1 Å². The summed E-state index contributed by atoms with van der Waals surface area (Å²) >= 11 is 0. The van der Waals surface area contributed by atoms with E-state index in [4.69, 9.17) is 4.74 Å². The first kappa shape index (κ1) is 17.5. The lowest BCUT2D eigenvalue weighted by Crippen LogP contribution is -2.36. The second kappa shape index (κ2) is 8.15. The molecule has 5 nitrogen and oxygen atoms in total. The molecule has 1 saturated heterocycles. The van der Waals surface area contributed by atoms with Crippen molar-refractivity contribution in [3.63, 3.8) is 0 Å². The fourth-order valence-corrected chi connectivity index (χ4v) is 2.60. The number of rotatable bonds is 7. The van der Waals surface area contributed by atoms with Gasteiger partial charge in [-0.3, -0.25) is 4.79 Å². The number of carbonyl (C=O) groups excluding carboxylic acids is 1. The molecule has 1 aliphatic heterocycles. The van der Waals surface area contributed by atoms with Gasteiger partial charge in [0.25, 0.3) is 0 Å². The van der Waals surface area contributed by atoms with Crippen LogP contribution in [0.4, 0.5) is 15.8 Å². The number of hydrogen-bond donors (Lipinski definition) is 2. The van der Waals surface area contributed by atoms with E-state index in [2.05, 4.69) is 22.6 Å². The summed E-state index contributed by atoms with van der Waals surface area (Å²) in [5, 5.41) is 5.97. The summed E-state index contributed by atoms with van der Waals surface area (Å²) in [6, 6.07) is 3.25. The molecule has 1 aromatic rings. The Hall–Kier alpha value is -1.82. The monoisotopic (exact) mass is 323 g/mol. The third-order valence-corrected chi connectivity index (χ3v) is 3.94. The summed E-state index contributed by atoms with van der Waals surface area (Å²) in [5.74, 6) is 0.0574. The molecular weight excluding hydrogens is 297 g/mol. The van der Waals surface area contributed by atoms with Crippen molar-refractivity contribution < 1.29 is 13.9 Å². The summed E-state index contributed by atoms with van der Waals surface area (Å²) in [6.45, 7) is 6.51. The predicted molar refractivity (Wildman–Crippen MR) is 90.6 cm³/mol. The van der Waals surface area contributed by atoms with Gasteiger partial charge in [-0.2, -0.15) is 0 Å². The number of hydrogen-bond acceptors (Lipinski definition) is 4. The molecule has 0 aliphatic carbocycles. The number of anilines is 2. The maximum atomic E-state index is 14.1. The lowest BCUT2D eigenvalue weighted by Gasteiger charge is -2.30. The van der Waals surface area contributed by atoms with Gasteiger partial charge in [0, 0.05) is 18.2 Å². The van der Waals surface area contributed by atoms with E-state index in [1.54, 1.807) is 6.07 Å². The lowest BCUT2D eigenvalue weighted by atomic mass is 10.0. The normalized spacial score (nSPS) is 16.4. The van der Waals surface area contributed by atoms with E-state index in [-0.39, 0.29) is 5.75 Å². The summed E-state index contributed by atoms with van der Waals surface area (Å²) < 4.78 is 19.7. The second-order valence-electron chi connectivity index (χ2n) is 6.52. The van der Waals surface area contributed by atoms with Crippen LogP contribution in [0.25, 0.3) is 0 Å². The van der Waals surface area contributed by atoms with Crippen LogP contribution < -0.4 is 15.4 Å². The quantitative estimate of drug-likeness (QED) is 0.758. The maximum Gasteiger partial charge on any atom is 0.211 e. The molecule has 0 radical (unpaired) electrons. The van der Waals surface area contributed by atoms with Gasteiger partial charge < -0.3 is 20.3 Å². The van der Waals surface area contributed by atoms with Gasteiger partial charge in [-0.25, -0.2) is 4.39 Å². The Balaban J connectivity index is 2.16. The minimum atomic E-state index is -0.469. The first-order valence-electron chi connectivity index (χ1n) is 8.11. The Kier molecular flexibility index (Phi) is 6.21. The minimum absolute atomic E-state index is 0.213. The van der Waals surface area contributed by atoms with E-state index in [1.165, 1.54) is 6.07 Å². The van der Waals surface area contributed by atoms with Crippen molar-refractivity contribution in [2.24, 2.45) is 5.92 Å². The molecule has 6 heteroatoms. The number of carbonyl (C=O) groups is 1. The Morgan fingerprint density at radius 1 is 1.35 bits per heavy atom. The van der Waals surface area contributed by atoms with Gasteiger partial charge in [-0.15, -0.1) is 0 Å². The molecule has 0 unspecified atom stereocenters. The molecule has 2 N–H and O–H groups in total. The first-order valence-corrected chi connectivity index (χ1v) is 8.11. The van der Waals surface area contributed by atoms with Crippen LogP contribution in [0.15, 0.2) is 12.1 Å². The second-order valence-corrected chi connectivity index (χ2v) is 6.52. The summed E-state index contributed by atoms with van der Waals surface area (Å²) in [6.07, 6.45) is 2.58. The fraction of sp³-hybridized carbons (Fsp3) is 0.588. The van der Waals surface area contributed by atoms with Crippen LogP contribution in [0.2, 0.25) is 0 Å². The Bertz CT molecular complexity index is 529. The molecule has 128 valence electrons. The number of piperidine rings is 1. The topological polar surface area (TPSA) is 53.6 Å². The lowest BCUT2D eigenvalue weighted by molar-refractivity contribution is -0.105. The highest BCUT2D eigenvalue weighted by molar-refractivity contribution is 5.82. The minimum Gasteiger partial charge on any atom is -0.490 e. The number of nitrogens with one attached hydrogen (secondary N) is 2. The zero-order valence-electron chi connectivity index (χ0n) is 14.1. The molecular formula is C17H26FN3O2. The molecule has 1 aliphatic rings. The number of benzene rings is 1. The van der Waals surface area contributed by atoms with Gasteiger partial charge in [0.2, 0.25) is 6.41 Å². The van der Waals surface area contributed by atoms with Crippen LogP contribution in [0.1, 0.15) is 26.7 Å². The Morgan fingerprint density at radius 3 is 2.65 bits per heavy atom. The molecule has 1 aromatic carbocycles.